The predicted octanol–water partition coefficient (Wildman–Crippen LogP) is 5.08. The molecule has 0 fully saturated rings. The zero-order valence-electron chi connectivity index (χ0n) is 18.8. The average Bonchev–Trinajstić information content (AvgIpc) is 3.28. The maximum absolute atomic E-state index is 13.1. The fourth-order valence-electron chi connectivity index (χ4n) is 4.72. The van der Waals surface area contributed by atoms with Crippen molar-refractivity contribution >= 4 is 17.7 Å². The minimum Gasteiger partial charge on any atom is -0.492 e. The van der Waals surface area contributed by atoms with Crippen molar-refractivity contribution < 1.29 is 9.53 Å². The fourth-order valence-corrected chi connectivity index (χ4v) is 5.21. The Kier molecular flexibility index (Phi) is 7.57. The van der Waals surface area contributed by atoms with Gasteiger partial charge >= 0.3 is 0 Å². The molecule has 1 N–H and O–H groups in total. The molecule has 1 atom stereocenters. The molecule has 2 aliphatic heterocycles. The predicted molar refractivity (Wildman–Crippen MR) is 128 cm³/mol. The van der Waals surface area contributed by atoms with Gasteiger partial charge < -0.3 is 10.1 Å². The van der Waals surface area contributed by atoms with Crippen molar-refractivity contribution in [1.82, 2.24) is 10.2 Å². The number of hydrogen-bond donors (Lipinski definition) is 1. The van der Waals surface area contributed by atoms with E-state index in [9.17, 15) is 4.79 Å². The third-order valence-corrected chi connectivity index (χ3v) is 7.21. The first-order valence-electron chi connectivity index (χ1n) is 11.6. The number of unbranched alkanes of at least 4 members (excludes halogenated alkanes) is 3. The molecule has 2 aromatic rings. The lowest BCUT2D eigenvalue weighted by molar-refractivity contribution is 0.0920. The zero-order valence-corrected chi connectivity index (χ0v) is 19.6. The maximum atomic E-state index is 13.1. The van der Waals surface area contributed by atoms with E-state index in [2.05, 4.69) is 53.7 Å². The van der Waals surface area contributed by atoms with Crippen LogP contribution >= 0.6 is 11.8 Å². The number of rotatable bonds is 9. The van der Waals surface area contributed by atoms with E-state index in [1.807, 2.05) is 6.07 Å². The van der Waals surface area contributed by atoms with Crippen molar-refractivity contribution in [1.29, 1.82) is 0 Å². The number of carbonyl (C=O) groups excluding carboxylic acids is 1. The van der Waals surface area contributed by atoms with E-state index < -0.39 is 0 Å². The van der Waals surface area contributed by atoms with E-state index in [1.54, 1.807) is 11.8 Å². The van der Waals surface area contributed by atoms with Crippen molar-refractivity contribution in [2.24, 2.45) is 0 Å². The molecule has 0 saturated carbocycles. The maximum Gasteiger partial charge on any atom is 0.255 e. The Morgan fingerprint density at radius 3 is 2.81 bits per heavy atom. The summed E-state index contributed by atoms with van der Waals surface area (Å²) in [5, 5.41) is 3.24. The molecule has 0 aliphatic carbocycles. The smallest absolute Gasteiger partial charge is 0.255 e. The number of ether oxygens (including phenoxy) is 1. The Balaban J connectivity index is 1.45. The normalized spacial score (nSPS) is 17.7. The van der Waals surface area contributed by atoms with Gasteiger partial charge in [-0.3, -0.25) is 9.69 Å². The number of carbonyl (C=O) groups is 1. The van der Waals surface area contributed by atoms with Gasteiger partial charge in [-0.25, -0.2) is 0 Å². The highest BCUT2D eigenvalue weighted by Crippen LogP contribution is 2.34. The molecule has 0 unspecified atom stereocenters. The van der Waals surface area contributed by atoms with Crippen LogP contribution in [0, 0.1) is 0 Å². The molecule has 4 rings (SSSR count). The first-order chi connectivity index (χ1) is 15.2. The number of amides is 1. The first-order valence-corrected chi connectivity index (χ1v) is 12.8. The van der Waals surface area contributed by atoms with Crippen LogP contribution < -0.4 is 10.1 Å². The summed E-state index contributed by atoms with van der Waals surface area (Å²) in [5.74, 6) is 0.763. The number of nitrogens with zero attached hydrogens (tertiary/aromatic N) is 1. The second-order valence-electron chi connectivity index (χ2n) is 8.63. The van der Waals surface area contributed by atoms with Crippen LogP contribution in [0.2, 0.25) is 0 Å². The molecule has 0 saturated heterocycles. The van der Waals surface area contributed by atoms with Crippen molar-refractivity contribution in [3.63, 3.8) is 0 Å². The molecule has 1 amide bonds. The lowest BCUT2D eigenvalue weighted by Crippen LogP contribution is -2.47. The highest BCUT2D eigenvalue weighted by Gasteiger charge is 2.27. The quantitative estimate of drug-likeness (QED) is 0.438. The van der Waals surface area contributed by atoms with Crippen LogP contribution in [0.25, 0.3) is 0 Å². The second-order valence-corrected chi connectivity index (χ2v) is 9.51. The summed E-state index contributed by atoms with van der Waals surface area (Å²) in [6.45, 7) is 5.65. The van der Waals surface area contributed by atoms with E-state index >= 15 is 0 Å². The Hall–Kier alpha value is -1.98. The van der Waals surface area contributed by atoms with E-state index in [0.717, 1.165) is 42.1 Å². The second kappa shape index (κ2) is 10.6. The topological polar surface area (TPSA) is 41.6 Å². The van der Waals surface area contributed by atoms with Crippen LogP contribution in [0.1, 0.15) is 59.7 Å². The molecule has 2 heterocycles. The van der Waals surface area contributed by atoms with Gasteiger partial charge in [-0.15, -0.1) is 11.8 Å². The molecule has 0 spiro atoms. The third-order valence-electron chi connectivity index (χ3n) is 6.50. The molecule has 0 bridgehead atoms. The summed E-state index contributed by atoms with van der Waals surface area (Å²) in [6, 6.07) is 13.2. The van der Waals surface area contributed by atoms with E-state index in [-0.39, 0.29) is 5.91 Å². The number of fused-ring (bicyclic) bond motifs is 2. The lowest BCUT2D eigenvalue weighted by Gasteiger charge is -2.37. The molecule has 166 valence electrons. The molecule has 0 aromatic heterocycles. The highest BCUT2D eigenvalue weighted by molar-refractivity contribution is 7.98. The molecule has 5 heteroatoms. The van der Waals surface area contributed by atoms with E-state index in [4.69, 9.17) is 4.74 Å². The van der Waals surface area contributed by atoms with Gasteiger partial charge in [0.25, 0.3) is 5.91 Å². The van der Waals surface area contributed by atoms with Crippen LogP contribution in [-0.2, 0) is 19.4 Å². The van der Waals surface area contributed by atoms with E-state index in [1.165, 1.54) is 36.8 Å². The summed E-state index contributed by atoms with van der Waals surface area (Å²) >= 11 is 1.67. The Bertz CT molecular complexity index is 914. The minimum absolute atomic E-state index is 0.0150. The fraction of sp³-hybridized carbons (Fsp3) is 0.500. The number of benzene rings is 2. The molecule has 2 aromatic carbocycles. The van der Waals surface area contributed by atoms with Crippen LogP contribution in [0.4, 0.5) is 0 Å². The molecule has 0 radical (unpaired) electrons. The monoisotopic (exact) mass is 438 g/mol. The van der Waals surface area contributed by atoms with Gasteiger partial charge in [0.15, 0.2) is 0 Å². The van der Waals surface area contributed by atoms with Crippen LogP contribution in [0.3, 0.4) is 0 Å². The molecule has 2 aliphatic rings. The van der Waals surface area contributed by atoms with Crippen LogP contribution in [0.15, 0.2) is 41.3 Å². The molecule has 31 heavy (non-hydrogen) atoms. The number of nitrogens with one attached hydrogen (secondary N) is 1. The molecular weight excluding hydrogens is 404 g/mol. The van der Waals surface area contributed by atoms with Gasteiger partial charge in [-0.1, -0.05) is 50.5 Å². The summed E-state index contributed by atoms with van der Waals surface area (Å²) in [6.07, 6.45) is 8.97. The lowest BCUT2D eigenvalue weighted by atomic mass is 9.93. The summed E-state index contributed by atoms with van der Waals surface area (Å²) in [7, 11) is 0. The van der Waals surface area contributed by atoms with Crippen molar-refractivity contribution in [2.75, 3.05) is 26.0 Å². The molecular formula is C26H34N2O2S. The van der Waals surface area contributed by atoms with E-state index in [0.29, 0.717) is 24.8 Å². The highest BCUT2D eigenvalue weighted by atomic mass is 32.2. The van der Waals surface area contributed by atoms with Gasteiger partial charge in [-0.05, 0) is 54.5 Å². The van der Waals surface area contributed by atoms with Crippen molar-refractivity contribution in [2.45, 2.75) is 62.9 Å². The summed E-state index contributed by atoms with van der Waals surface area (Å²) in [5.41, 5.74) is 4.69. The van der Waals surface area contributed by atoms with Crippen LogP contribution in [0.5, 0.6) is 5.75 Å². The summed E-state index contributed by atoms with van der Waals surface area (Å²) in [4.78, 5) is 16.8. The van der Waals surface area contributed by atoms with Crippen LogP contribution in [-0.4, -0.2) is 42.8 Å². The van der Waals surface area contributed by atoms with Gasteiger partial charge in [0, 0.05) is 30.4 Å². The SMILES string of the molecule is CCCCCCN1Cc2ccccc2C[C@@H]1CNC(=O)c1cc(SC)cc2c1OCC2. The number of thioether (sulfide) groups is 1. The standard InChI is InChI=1S/C26H34N2O2S/c1-3-4-5-8-12-28-18-21-10-7-6-9-19(21)14-22(28)17-27-26(29)24-16-23(31-2)15-20-11-13-30-25(20)24/h6-7,9-10,15-16,22H,3-5,8,11-14,17-18H2,1-2H3,(H,27,29)/t22-/m1/s1. The van der Waals surface area contributed by atoms with Gasteiger partial charge in [-0.2, -0.15) is 0 Å². The van der Waals surface area contributed by atoms with Crippen molar-refractivity contribution in [3.8, 4) is 5.75 Å². The molecule has 4 nitrogen and oxygen atoms in total. The average molecular weight is 439 g/mol. The zero-order chi connectivity index (χ0) is 21.6. The Morgan fingerprint density at radius 1 is 1.16 bits per heavy atom. The largest absolute Gasteiger partial charge is 0.492 e. The Labute approximate surface area is 190 Å². The third kappa shape index (κ3) is 5.27. The minimum atomic E-state index is -0.0150. The summed E-state index contributed by atoms with van der Waals surface area (Å²) < 4.78 is 5.81. The van der Waals surface area contributed by atoms with Gasteiger partial charge in [0.1, 0.15) is 5.75 Å². The van der Waals surface area contributed by atoms with Gasteiger partial charge in [0.2, 0.25) is 0 Å². The van der Waals surface area contributed by atoms with Gasteiger partial charge in [0.05, 0.1) is 12.2 Å². The van der Waals surface area contributed by atoms with Crippen molar-refractivity contribution in [3.05, 3.63) is 58.7 Å². The first kappa shape index (κ1) is 22.2. The Morgan fingerprint density at radius 2 is 2.00 bits per heavy atom. The number of hydrogen-bond acceptors (Lipinski definition) is 4.